The fourth-order valence-corrected chi connectivity index (χ4v) is 2.03. The van der Waals surface area contributed by atoms with E-state index < -0.39 is 0 Å². The zero-order chi connectivity index (χ0) is 13.0. The quantitative estimate of drug-likeness (QED) is 0.776. The standard InChI is InChI=1S/C13H17N3O2/c1-2-12(17)15-7-9-16(10-8-15)13(18)11-5-3-4-6-14-11/h3-6H,2,7-10H2,1H3. The zero-order valence-corrected chi connectivity index (χ0v) is 10.5. The molecule has 1 aromatic rings. The molecule has 2 rings (SSSR count). The maximum Gasteiger partial charge on any atom is 0.272 e. The van der Waals surface area contributed by atoms with Gasteiger partial charge in [-0.2, -0.15) is 0 Å². The second-order valence-electron chi connectivity index (χ2n) is 4.24. The lowest BCUT2D eigenvalue weighted by Crippen LogP contribution is -2.50. The highest BCUT2D eigenvalue weighted by Crippen LogP contribution is 2.07. The van der Waals surface area contributed by atoms with Crippen molar-refractivity contribution in [3.05, 3.63) is 30.1 Å². The number of carbonyl (C=O) groups excluding carboxylic acids is 2. The van der Waals surface area contributed by atoms with Crippen LogP contribution < -0.4 is 0 Å². The highest BCUT2D eigenvalue weighted by atomic mass is 16.2. The molecule has 1 aliphatic rings. The van der Waals surface area contributed by atoms with Gasteiger partial charge < -0.3 is 9.80 Å². The van der Waals surface area contributed by atoms with Gasteiger partial charge in [0.25, 0.3) is 5.91 Å². The van der Waals surface area contributed by atoms with Crippen LogP contribution in [0.15, 0.2) is 24.4 Å². The van der Waals surface area contributed by atoms with Gasteiger partial charge in [-0.3, -0.25) is 14.6 Å². The number of carbonyl (C=O) groups is 2. The highest BCUT2D eigenvalue weighted by molar-refractivity contribution is 5.92. The molecule has 1 aliphatic heterocycles. The summed E-state index contributed by atoms with van der Waals surface area (Å²) in [6, 6.07) is 5.30. The Labute approximate surface area is 106 Å². The summed E-state index contributed by atoms with van der Waals surface area (Å²) in [5.74, 6) is 0.0964. The number of piperazine rings is 1. The molecule has 5 nitrogen and oxygen atoms in total. The minimum Gasteiger partial charge on any atom is -0.339 e. The Morgan fingerprint density at radius 3 is 2.39 bits per heavy atom. The molecule has 0 atom stereocenters. The minimum atomic E-state index is -0.0563. The van der Waals surface area contributed by atoms with Gasteiger partial charge in [-0.25, -0.2) is 0 Å². The molecule has 0 saturated carbocycles. The van der Waals surface area contributed by atoms with E-state index in [0.29, 0.717) is 38.3 Å². The van der Waals surface area contributed by atoms with Crippen molar-refractivity contribution < 1.29 is 9.59 Å². The maximum absolute atomic E-state index is 12.1. The minimum absolute atomic E-state index is 0.0563. The summed E-state index contributed by atoms with van der Waals surface area (Å²) in [4.78, 5) is 31.2. The molecule has 0 radical (unpaired) electrons. The van der Waals surface area contributed by atoms with E-state index in [1.807, 2.05) is 11.8 Å². The van der Waals surface area contributed by atoms with Crippen molar-refractivity contribution in [3.8, 4) is 0 Å². The summed E-state index contributed by atoms with van der Waals surface area (Å²) in [6.45, 7) is 4.26. The van der Waals surface area contributed by atoms with Crippen molar-refractivity contribution in [2.45, 2.75) is 13.3 Å². The van der Waals surface area contributed by atoms with Crippen molar-refractivity contribution in [2.75, 3.05) is 26.2 Å². The number of rotatable bonds is 2. The normalized spacial score (nSPS) is 15.6. The number of aromatic nitrogens is 1. The Morgan fingerprint density at radius 2 is 1.83 bits per heavy atom. The third-order valence-corrected chi connectivity index (χ3v) is 3.11. The summed E-state index contributed by atoms with van der Waals surface area (Å²) >= 11 is 0. The molecule has 0 aliphatic carbocycles. The van der Waals surface area contributed by atoms with Gasteiger partial charge in [-0.1, -0.05) is 13.0 Å². The second-order valence-corrected chi connectivity index (χ2v) is 4.24. The Morgan fingerprint density at radius 1 is 1.17 bits per heavy atom. The molecule has 5 heteroatoms. The predicted octanol–water partition coefficient (Wildman–Crippen LogP) is 0.776. The van der Waals surface area contributed by atoms with Crippen LogP contribution in [0, 0.1) is 0 Å². The van der Waals surface area contributed by atoms with E-state index in [4.69, 9.17) is 0 Å². The summed E-state index contributed by atoms with van der Waals surface area (Å²) in [7, 11) is 0. The Bertz CT molecular complexity index is 425. The van der Waals surface area contributed by atoms with Crippen LogP contribution in [0.25, 0.3) is 0 Å². The lowest BCUT2D eigenvalue weighted by Gasteiger charge is -2.34. The van der Waals surface area contributed by atoms with Crippen LogP contribution in [0.2, 0.25) is 0 Å². The monoisotopic (exact) mass is 247 g/mol. The van der Waals surface area contributed by atoms with Crippen molar-refractivity contribution in [2.24, 2.45) is 0 Å². The van der Waals surface area contributed by atoms with Gasteiger partial charge in [0, 0.05) is 38.8 Å². The number of pyridine rings is 1. The van der Waals surface area contributed by atoms with Crippen molar-refractivity contribution in [3.63, 3.8) is 0 Å². The zero-order valence-electron chi connectivity index (χ0n) is 10.5. The van der Waals surface area contributed by atoms with Gasteiger partial charge >= 0.3 is 0 Å². The van der Waals surface area contributed by atoms with Gasteiger partial charge in [-0.05, 0) is 12.1 Å². The number of amides is 2. The first-order chi connectivity index (χ1) is 8.72. The largest absolute Gasteiger partial charge is 0.339 e. The first-order valence-electron chi connectivity index (χ1n) is 6.20. The molecule has 0 unspecified atom stereocenters. The van der Waals surface area contributed by atoms with Crippen LogP contribution in [-0.4, -0.2) is 52.8 Å². The molecule has 2 amide bonds. The Balaban J connectivity index is 1.94. The first kappa shape index (κ1) is 12.5. The SMILES string of the molecule is CCC(=O)N1CCN(C(=O)c2ccccn2)CC1. The Kier molecular flexibility index (Phi) is 3.92. The molecule has 1 saturated heterocycles. The topological polar surface area (TPSA) is 53.5 Å². The van der Waals surface area contributed by atoms with Crippen molar-refractivity contribution >= 4 is 11.8 Å². The van der Waals surface area contributed by atoms with Gasteiger partial charge in [0.2, 0.25) is 5.91 Å². The molecule has 1 fully saturated rings. The molecular formula is C13H17N3O2. The molecule has 18 heavy (non-hydrogen) atoms. The van der Waals surface area contributed by atoms with Gasteiger partial charge in [0.1, 0.15) is 5.69 Å². The molecule has 96 valence electrons. The van der Waals surface area contributed by atoms with E-state index in [1.54, 1.807) is 29.3 Å². The fourth-order valence-electron chi connectivity index (χ4n) is 2.03. The predicted molar refractivity (Wildman–Crippen MR) is 67.0 cm³/mol. The second kappa shape index (κ2) is 5.62. The third-order valence-electron chi connectivity index (χ3n) is 3.11. The van der Waals surface area contributed by atoms with Crippen LogP contribution in [-0.2, 0) is 4.79 Å². The summed E-state index contributed by atoms with van der Waals surface area (Å²) in [6.07, 6.45) is 2.14. The summed E-state index contributed by atoms with van der Waals surface area (Å²) in [5, 5.41) is 0. The number of hydrogen-bond acceptors (Lipinski definition) is 3. The number of hydrogen-bond donors (Lipinski definition) is 0. The Hall–Kier alpha value is -1.91. The van der Waals surface area contributed by atoms with Crippen molar-refractivity contribution in [1.29, 1.82) is 0 Å². The van der Waals surface area contributed by atoms with Crippen LogP contribution in [0.4, 0.5) is 0 Å². The average molecular weight is 247 g/mol. The van der Waals surface area contributed by atoms with Crippen LogP contribution in [0.3, 0.4) is 0 Å². The van der Waals surface area contributed by atoms with E-state index in [2.05, 4.69) is 4.98 Å². The summed E-state index contributed by atoms with van der Waals surface area (Å²) < 4.78 is 0. The number of nitrogens with zero attached hydrogens (tertiary/aromatic N) is 3. The van der Waals surface area contributed by atoms with E-state index in [0.717, 1.165) is 0 Å². The molecular weight excluding hydrogens is 230 g/mol. The molecule has 1 aromatic heterocycles. The van der Waals surface area contributed by atoms with E-state index >= 15 is 0 Å². The van der Waals surface area contributed by atoms with E-state index in [9.17, 15) is 9.59 Å². The maximum atomic E-state index is 12.1. The average Bonchev–Trinajstić information content (AvgIpc) is 2.47. The van der Waals surface area contributed by atoms with Crippen molar-refractivity contribution in [1.82, 2.24) is 14.8 Å². The molecule has 0 spiro atoms. The van der Waals surface area contributed by atoms with Gasteiger partial charge in [0.05, 0.1) is 0 Å². The van der Waals surface area contributed by atoms with Crippen LogP contribution in [0.5, 0.6) is 0 Å². The van der Waals surface area contributed by atoms with E-state index in [-0.39, 0.29) is 11.8 Å². The third kappa shape index (κ3) is 2.67. The van der Waals surface area contributed by atoms with Crippen LogP contribution >= 0.6 is 0 Å². The lowest BCUT2D eigenvalue weighted by atomic mass is 10.2. The van der Waals surface area contributed by atoms with Gasteiger partial charge in [-0.15, -0.1) is 0 Å². The summed E-state index contributed by atoms with van der Waals surface area (Å²) in [5.41, 5.74) is 0.466. The van der Waals surface area contributed by atoms with E-state index in [1.165, 1.54) is 0 Å². The molecule has 0 aromatic carbocycles. The lowest BCUT2D eigenvalue weighted by molar-refractivity contribution is -0.132. The molecule has 0 N–H and O–H groups in total. The molecule has 0 bridgehead atoms. The smallest absolute Gasteiger partial charge is 0.272 e. The fraction of sp³-hybridized carbons (Fsp3) is 0.462. The highest BCUT2D eigenvalue weighted by Gasteiger charge is 2.24. The molecule has 2 heterocycles. The first-order valence-corrected chi connectivity index (χ1v) is 6.20. The van der Waals surface area contributed by atoms with Gasteiger partial charge in [0.15, 0.2) is 0 Å². The van der Waals surface area contributed by atoms with Crippen LogP contribution in [0.1, 0.15) is 23.8 Å².